The summed E-state index contributed by atoms with van der Waals surface area (Å²) >= 11 is 0. The molecule has 0 radical (unpaired) electrons. The molecular formula is C18H14O2. The Bertz CT molecular complexity index is 593. The van der Waals surface area contributed by atoms with Crippen molar-refractivity contribution >= 4 is 0 Å². The lowest BCUT2D eigenvalue weighted by Crippen LogP contribution is -2.08. The normalized spacial score (nSPS) is 12.9. The first-order valence-corrected chi connectivity index (χ1v) is 6.16. The van der Waals surface area contributed by atoms with Crippen molar-refractivity contribution in [2.45, 2.75) is 11.8 Å². The number of terminal acetylenes is 2. The van der Waals surface area contributed by atoms with E-state index in [1.54, 1.807) is 48.5 Å². The van der Waals surface area contributed by atoms with Gasteiger partial charge in [-0.15, -0.1) is 12.8 Å². The second-order valence-corrected chi connectivity index (χ2v) is 4.47. The largest absolute Gasteiger partial charge is 0.508 e. The maximum atomic E-state index is 9.33. The number of benzene rings is 2. The first-order valence-electron chi connectivity index (χ1n) is 6.16. The standard InChI is InChI=1S/C18H14O2/c1-3-17(13-5-9-15(19)10-6-13)18(4-2)14-7-11-16(20)12-8-14/h1-2,5-12,17-20H/t17-,18-/m0/s1. The van der Waals surface area contributed by atoms with Crippen LogP contribution in [0.5, 0.6) is 11.5 Å². The fourth-order valence-electron chi connectivity index (χ4n) is 2.13. The molecule has 0 unspecified atom stereocenters. The fourth-order valence-corrected chi connectivity index (χ4v) is 2.13. The van der Waals surface area contributed by atoms with Crippen LogP contribution in [0.4, 0.5) is 0 Å². The third kappa shape index (κ3) is 2.76. The maximum Gasteiger partial charge on any atom is 0.115 e. The van der Waals surface area contributed by atoms with Crippen LogP contribution in [0.25, 0.3) is 0 Å². The first-order chi connectivity index (χ1) is 9.65. The number of aromatic hydroxyl groups is 2. The van der Waals surface area contributed by atoms with Gasteiger partial charge in [0.05, 0.1) is 11.8 Å². The van der Waals surface area contributed by atoms with Crippen molar-refractivity contribution in [2.24, 2.45) is 0 Å². The van der Waals surface area contributed by atoms with Gasteiger partial charge in [0.25, 0.3) is 0 Å². The van der Waals surface area contributed by atoms with Gasteiger partial charge < -0.3 is 10.2 Å². The van der Waals surface area contributed by atoms with E-state index in [1.807, 2.05) is 0 Å². The Balaban J connectivity index is 2.38. The highest BCUT2D eigenvalue weighted by Crippen LogP contribution is 2.33. The number of rotatable bonds is 3. The van der Waals surface area contributed by atoms with Gasteiger partial charge in [-0.25, -0.2) is 0 Å². The van der Waals surface area contributed by atoms with Crippen LogP contribution >= 0.6 is 0 Å². The molecule has 2 N–H and O–H groups in total. The molecule has 0 amide bonds. The number of phenolic OH excluding ortho intramolecular Hbond substituents is 2. The number of hydrogen-bond acceptors (Lipinski definition) is 2. The van der Waals surface area contributed by atoms with E-state index in [4.69, 9.17) is 12.8 Å². The molecule has 2 atom stereocenters. The van der Waals surface area contributed by atoms with Crippen molar-refractivity contribution in [3.8, 4) is 36.2 Å². The summed E-state index contributed by atoms with van der Waals surface area (Å²) in [6.45, 7) is 0. The fraction of sp³-hybridized carbons (Fsp3) is 0.111. The van der Waals surface area contributed by atoms with E-state index in [9.17, 15) is 10.2 Å². The Labute approximate surface area is 118 Å². The summed E-state index contributed by atoms with van der Waals surface area (Å²) < 4.78 is 0. The number of hydrogen-bond donors (Lipinski definition) is 2. The minimum absolute atomic E-state index is 0.186. The van der Waals surface area contributed by atoms with Gasteiger partial charge in [0.15, 0.2) is 0 Å². The zero-order chi connectivity index (χ0) is 14.5. The second kappa shape index (κ2) is 5.87. The summed E-state index contributed by atoms with van der Waals surface area (Å²) in [7, 11) is 0. The molecule has 0 saturated heterocycles. The zero-order valence-corrected chi connectivity index (χ0v) is 10.8. The Morgan fingerprint density at radius 3 is 1.20 bits per heavy atom. The van der Waals surface area contributed by atoms with Crippen LogP contribution in [-0.2, 0) is 0 Å². The van der Waals surface area contributed by atoms with Crippen molar-refractivity contribution in [1.29, 1.82) is 0 Å². The van der Waals surface area contributed by atoms with Gasteiger partial charge in [0.1, 0.15) is 11.5 Å². The van der Waals surface area contributed by atoms with E-state index < -0.39 is 0 Å². The lowest BCUT2D eigenvalue weighted by molar-refractivity contribution is 0.474. The SMILES string of the molecule is C#C[C@@H](c1ccc(O)cc1)[C@@H](C#C)c1ccc(O)cc1. The molecule has 2 rings (SSSR count). The first kappa shape index (κ1) is 13.6. The minimum Gasteiger partial charge on any atom is -0.508 e. The highest BCUT2D eigenvalue weighted by atomic mass is 16.3. The Morgan fingerprint density at radius 1 is 0.650 bits per heavy atom. The van der Waals surface area contributed by atoms with Crippen LogP contribution in [0, 0.1) is 24.7 Å². The highest BCUT2D eigenvalue weighted by Gasteiger charge is 2.21. The third-order valence-electron chi connectivity index (χ3n) is 3.20. The van der Waals surface area contributed by atoms with Crippen LogP contribution in [0.15, 0.2) is 48.5 Å². The molecule has 0 heterocycles. The molecule has 2 aromatic rings. The summed E-state index contributed by atoms with van der Waals surface area (Å²) in [4.78, 5) is 0. The van der Waals surface area contributed by atoms with Crippen LogP contribution in [0.2, 0.25) is 0 Å². The van der Waals surface area contributed by atoms with Crippen LogP contribution in [-0.4, -0.2) is 10.2 Å². The van der Waals surface area contributed by atoms with E-state index in [2.05, 4.69) is 11.8 Å². The predicted molar refractivity (Wildman–Crippen MR) is 79.4 cm³/mol. The van der Waals surface area contributed by atoms with Gasteiger partial charge in [-0.05, 0) is 35.4 Å². The van der Waals surface area contributed by atoms with Crippen molar-refractivity contribution < 1.29 is 10.2 Å². The average molecular weight is 262 g/mol. The minimum atomic E-state index is -0.287. The molecule has 0 saturated carbocycles. The molecule has 2 nitrogen and oxygen atoms in total. The van der Waals surface area contributed by atoms with Gasteiger partial charge in [-0.2, -0.15) is 0 Å². The van der Waals surface area contributed by atoms with Crippen LogP contribution in [0.3, 0.4) is 0 Å². The Kier molecular flexibility index (Phi) is 3.99. The molecular weight excluding hydrogens is 248 g/mol. The molecule has 20 heavy (non-hydrogen) atoms. The third-order valence-corrected chi connectivity index (χ3v) is 3.20. The van der Waals surface area contributed by atoms with Crippen LogP contribution in [0.1, 0.15) is 23.0 Å². The summed E-state index contributed by atoms with van der Waals surface area (Å²) in [6, 6.07) is 13.4. The van der Waals surface area contributed by atoms with Gasteiger partial charge in [0.2, 0.25) is 0 Å². The van der Waals surface area contributed by atoms with E-state index in [-0.39, 0.29) is 23.3 Å². The Morgan fingerprint density at radius 2 is 0.950 bits per heavy atom. The summed E-state index contributed by atoms with van der Waals surface area (Å²) in [5.41, 5.74) is 1.75. The molecule has 0 aliphatic carbocycles. The molecule has 0 aromatic heterocycles. The van der Waals surface area contributed by atoms with Crippen LogP contribution < -0.4 is 0 Å². The number of phenols is 2. The lowest BCUT2D eigenvalue weighted by Gasteiger charge is -2.19. The molecule has 0 aliphatic rings. The molecule has 2 heteroatoms. The van der Waals surface area contributed by atoms with Gasteiger partial charge in [0, 0.05) is 0 Å². The lowest BCUT2D eigenvalue weighted by atomic mass is 9.82. The van der Waals surface area contributed by atoms with Crippen molar-refractivity contribution in [1.82, 2.24) is 0 Å². The highest BCUT2D eigenvalue weighted by molar-refractivity contribution is 5.42. The smallest absolute Gasteiger partial charge is 0.115 e. The van der Waals surface area contributed by atoms with E-state index in [1.165, 1.54) is 0 Å². The maximum absolute atomic E-state index is 9.33. The topological polar surface area (TPSA) is 40.5 Å². The second-order valence-electron chi connectivity index (χ2n) is 4.47. The van der Waals surface area contributed by atoms with Gasteiger partial charge >= 0.3 is 0 Å². The van der Waals surface area contributed by atoms with Crippen molar-refractivity contribution in [3.63, 3.8) is 0 Å². The monoisotopic (exact) mass is 262 g/mol. The molecule has 2 aromatic carbocycles. The Hall–Kier alpha value is -2.84. The van der Waals surface area contributed by atoms with Crippen molar-refractivity contribution in [2.75, 3.05) is 0 Å². The summed E-state index contributed by atoms with van der Waals surface area (Å²) in [5, 5.41) is 18.7. The zero-order valence-electron chi connectivity index (χ0n) is 10.8. The summed E-state index contributed by atoms with van der Waals surface area (Å²) in [6.07, 6.45) is 11.3. The molecule has 0 spiro atoms. The molecule has 0 aliphatic heterocycles. The van der Waals surface area contributed by atoms with E-state index in [0.29, 0.717) is 0 Å². The predicted octanol–water partition coefficient (Wildman–Crippen LogP) is 3.23. The van der Waals surface area contributed by atoms with E-state index >= 15 is 0 Å². The quantitative estimate of drug-likeness (QED) is 0.834. The van der Waals surface area contributed by atoms with Gasteiger partial charge in [-0.1, -0.05) is 36.1 Å². The summed E-state index contributed by atoms with van der Waals surface area (Å²) in [5.74, 6) is 5.23. The van der Waals surface area contributed by atoms with E-state index in [0.717, 1.165) is 11.1 Å². The molecule has 98 valence electrons. The average Bonchev–Trinajstić information content (AvgIpc) is 2.47. The van der Waals surface area contributed by atoms with Gasteiger partial charge in [-0.3, -0.25) is 0 Å². The molecule has 0 bridgehead atoms. The molecule has 0 fully saturated rings. The van der Waals surface area contributed by atoms with Crippen molar-refractivity contribution in [3.05, 3.63) is 59.7 Å².